The lowest BCUT2D eigenvalue weighted by molar-refractivity contribution is -0.137. The first-order valence-corrected chi connectivity index (χ1v) is 9.07. The molecule has 2 aromatic carbocycles. The van der Waals surface area contributed by atoms with Gasteiger partial charge >= 0.3 is 12.1 Å². The Bertz CT molecular complexity index is 1080. The van der Waals surface area contributed by atoms with Crippen LogP contribution in [0.4, 0.5) is 17.6 Å². The van der Waals surface area contributed by atoms with Gasteiger partial charge in [0.15, 0.2) is 12.4 Å². The average molecular weight is 452 g/mol. The standard InChI is InChI=1S/C21H16F4N2O5/c22-14-4-6-15(7-5-14)30-11-17-8-9-18(32-17)20(29)27-26-19(28)12-31-16-3-1-2-13(10-16)21(23,24)25/h1-10H,11-12H2,(H,26,28)(H,27,29). The van der Waals surface area contributed by atoms with E-state index in [1.54, 1.807) is 0 Å². The van der Waals surface area contributed by atoms with Gasteiger partial charge in [0.2, 0.25) is 0 Å². The number of hydrogen-bond donors (Lipinski definition) is 2. The Morgan fingerprint density at radius 3 is 2.38 bits per heavy atom. The molecule has 0 aliphatic carbocycles. The van der Waals surface area contributed by atoms with Crippen LogP contribution in [0.25, 0.3) is 0 Å². The summed E-state index contributed by atoms with van der Waals surface area (Å²) in [6.07, 6.45) is -4.54. The van der Waals surface area contributed by atoms with Gasteiger partial charge in [-0.2, -0.15) is 13.2 Å². The summed E-state index contributed by atoms with van der Waals surface area (Å²) in [4.78, 5) is 23.8. The van der Waals surface area contributed by atoms with Gasteiger partial charge in [0, 0.05) is 0 Å². The summed E-state index contributed by atoms with van der Waals surface area (Å²) in [5, 5.41) is 0. The van der Waals surface area contributed by atoms with Gasteiger partial charge in [-0.15, -0.1) is 0 Å². The Hall–Kier alpha value is -4.02. The van der Waals surface area contributed by atoms with Crippen LogP contribution >= 0.6 is 0 Å². The molecule has 0 bridgehead atoms. The number of benzene rings is 2. The molecule has 7 nitrogen and oxygen atoms in total. The van der Waals surface area contributed by atoms with Gasteiger partial charge in [0.1, 0.15) is 29.7 Å². The van der Waals surface area contributed by atoms with Crippen LogP contribution in [0.15, 0.2) is 65.1 Å². The number of halogens is 4. The minimum Gasteiger partial charge on any atom is -0.486 e. The van der Waals surface area contributed by atoms with Gasteiger partial charge in [-0.1, -0.05) is 6.07 Å². The molecule has 0 unspecified atom stereocenters. The highest BCUT2D eigenvalue weighted by molar-refractivity contribution is 5.93. The lowest BCUT2D eigenvalue weighted by atomic mass is 10.2. The number of carbonyl (C=O) groups is 2. The molecule has 0 atom stereocenters. The van der Waals surface area contributed by atoms with Crippen LogP contribution in [-0.2, 0) is 17.6 Å². The monoisotopic (exact) mass is 452 g/mol. The number of furan rings is 1. The zero-order valence-corrected chi connectivity index (χ0v) is 16.2. The first-order valence-electron chi connectivity index (χ1n) is 9.07. The molecule has 2 amide bonds. The largest absolute Gasteiger partial charge is 0.486 e. The van der Waals surface area contributed by atoms with Crippen molar-refractivity contribution in [1.82, 2.24) is 10.9 Å². The lowest BCUT2D eigenvalue weighted by Gasteiger charge is -2.10. The fraction of sp³-hybridized carbons (Fsp3) is 0.143. The van der Waals surface area contributed by atoms with E-state index in [9.17, 15) is 27.2 Å². The maximum atomic E-state index is 12.9. The van der Waals surface area contributed by atoms with E-state index >= 15 is 0 Å². The van der Waals surface area contributed by atoms with Gasteiger partial charge in [0.05, 0.1) is 5.56 Å². The van der Waals surface area contributed by atoms with Crippen LogP contribution in [0.5, 0.6) is 11.5 Å². The molecule has 3 rings (SSSR count). The second kappa shape index (κ2) is 9.86. The maximum Gasteiger partial charge on any atom is 0.416 e. The van der Waals surface area contributed by atoms with Crippen molar-refractivity contribution in [3.63, 3.8) is 0 Å². The predicted molar refractivity (Wildman–Crippen MR) is 102 cm³/mol. The molecule has 0 fully saturated rings. The van der Waals surface area contributed by atoms with Crippen LogP contribution < -0.4 is 20.3 Å². The van der Waals surface area contributed by atoms with Gasteiger partial charge in [0.25, 0.3) is 5.91 Å². The summed E-state index contributed by atoms with van der Waals surface area (Å²) in [5.74, 6) is -1.55. The van der Waals surface area contributed by atoms with E-state index in [1.165, 1.54) is 42.5 Å². The third-order valence-electron chi connectivity index (χ3n) is 3.93. The van der Waals surface area contributed by atoms with Gasteiger partial charge in [-0.3, -0.25) is 20.4 Å². The summed E-state index contributed by atoms with van der Waals surface area (Å²) in [7, 11) is 0. The van der Waals surface area contributed by atoms with Gasteiger partial charge < -0.3 is 13.9 Å². The Kier molecular flexibility index (Phi) is 6.98. The Morgan fingerprint density at radius 2 is 1.66 bits per heavy atom. The predicted octanol–water partition coefficient (Wildman–Crippen LogP) is 3.86. The quantitative estimate of drug-likeness (QED) is 0.420. The topological polar surface area (TPSA) is 89.8 Å². The van der Waals surface area contributed by atoms with Crippen molar-refractivity contribution in [2.75, 3.05) is 6.61 Å². The molecule has 11 heteroatoms. The number of alkyl halides is 3. The second-order valence-electron chi connectivity index (χ2n) is 6.33. The molecule has 1 heterocycles. The third kappa shape index (κ3) is 6.49. The van der Waals surface area contributed by atoms with Crippen LogP contribution in [-0.4, -0.2) is 18.4 Å². The lowest BCUT2D eigenvalue weighted by Crippen LogP contribution is -2.43. The van der Waals surface area contributed by atoms with E-state index < -0.39 is 36.0 Å². The number of hydrazine groups is 1. The third-order valence-corrected chi connectivity index (χ3v) is 3.93. The van der Waals surface area contributed by atoms with E-state index in [-0.39, 0.29) is 18.1 Å². The maximum absolute atomic E-state index is 12.9. The summed E-state index contributed by atoms with van der Waals surface area (Å²) in [6, 6.07) is 12.2. The fourth-order valence-electron chi connectivity index (χ4n) is 2.40. The van der Waals surface area contributed by atoms with E-state index in [0.29, 0.717) is 11.5 Å². The number of nitrogens with one attached hydrogen (secondary N) is 2. The molecular weight excluding hydrogens is 436 g/mol. The minimum atomic E-state index is -4.54. The average Bonchev–Trinajstić information content (AvgIpc) is 3.24. The zero-order valence-electron chi connectivity index (χ0n) is 16.2. The van der Waals surface area contributed by atoms with E-state index in [1.807, 2.05) is 0 Å². The van der Waals surface area contributed by atoms with Crippen LogP contribution in [0, 0.1) is 5.82 Å². The molecule has 0 aliphatic heterocycles. The molecule has 2 N–H and O–H groups in total. The Labute approximate surface area is 178 Å². The second-order valence-corrected chi connectivity index (χ2v) is 6.33. The van der Waals surface area contributed by atoms with E-state index in [0.717, 1.165) is 18.2 Å². The molecule has 0 saturated carbocycles. The van der Waals surface area contributed by atoms with Crippen molar-refractivity contribution >= 4 is 11.8 Å². The van der Waals surface area contributed by atoms with Crippen molar-refractivity contribution < 1.29 is 41.0 Å². The molecule has 0 saturated heterocycles. The normalized spacial score (nSPS) is 11.0. The van der Waals surface area contributed by atoms with E-state index in [4.69, 9.17) is 13.9 Å². The number of amides is 2. The molecule has 0 aliphatic rings. The summed E-state index contributed by atoms with van der Waals surface area (Å²) in [6.45, 7) is -0.646. The summed E-state index contributed by atoms with van der Waals surface area (Å²) >= 11 is 0. The zero-order chi connectivity index (χ0) is 23.1. The first kappa shape index (κ1) is 22.7. The van der Waals surface area contributed by atoms with Gasteiger partial charge in [-0.25, -0.2) is 4.39 Å². The first-order chi connectivity index (χ1) is 15.2. The van der Waals surface area contributed by atoms with Crippen LogP contribution in [0.2, 0.25) is 0 Å². The highest BCUT2D eigenvalue weighted by Crippen LogP contribution is 2.31. The van der Waals surface area contributed by atoms with E-state index in [2.05, 4.69) is 10.9 Å². The fourth-order valence-corrected chi connectivity index (χ4v) is 2.40. The van der Waals surface area contributed by atoms with Crippen molar-refractivity contribution in [3.05, 3.63) is 83.6 Å². The smallest absolute Gasteiger partial charge is 0.416 e. The number of carbonyl (C=O) groups excluding carboxylic acids is 2. The molecule has 0 radical (unpaired) electrons. The molecule has 1 aromatic heterocycles. The Balaban J connectivity index is 1.43. The van der Waals surface area contributed by atoms with Crippen LogP contribution in [0.1, 0.15) is 21.9 Å². The van der Waals surface area contributed by atoms with Crippen molar-refractivity contribution in [2.24, 2.45) is 0 Å². The SMILES string of the molecule is O=C(COc1cccc(C(F)(F)F)c1)NNC(=O)c1ccc(COc2ccc(F)cc2)o1. The van der Waals surface area contributed by atoms with Crippen molar-refractivity contribution in [2.45, 2.75) is 12.8 Å². The Morgan fingerprint density at radius 1 is 0.906 bits per heavy atom. The highest BCUT2D eigenvalue weighted by Gasteiger charge is 2.30. The molecule has 32 heavy (non-hydrogen) atoms. The van der Waals surface area contributed by atoms with Crippen molar-refractivity contribution in [1.29, 1.82) is 0 Å². The van der Waals surface area contributed by atoms with Crippen molar-refractivity contribution in [3.8, 4) is 11.5 Å². The summed E-state index contributed by atoms with van der Waals surface area (Å²) in [5.41, 5.74) is 3.23. The molecular formula is C21H16F4N2O5. The molecule has 168 valence electrons. The molecule has 0 spiro atoms. The van der Waals surface area contributed by atoms with Crippen LogP contribution in [0.3, 0.4) is 0 Å². The number of ether oxygens (including phenoxy) is 2. The molecule has 3 aromatic rings. The summed E-state index contributed by atoms with van der Waals surface area (Å²) < 4.78 is 66.6. The highest BCUT2D eigenvalue weighted by atomic mass is 19.4. The number of hydrogen-bond acceptors (Lipinski definition) is 5. The minimum absolute atomic E-state index is 0.0178. The number of rotatable bonds is 7. The van der Waals surface area contributed by atoms with Gasteiger partial charge in [-0.05, 0) is 54.6 Å².